The van der Waals surface area contributed by atoms with Crippen molar-refractivity contribution in [1.82, 2.24) is 10.2 Å². The summed E-state index contributed by atoms with van der Waals surface area (Å²) in [6.07, 6.45) is 1.20. The monoisotopic (exact) mass is 268 g/mol. The van der Waals surface area contributed by atoms with Crippen molar-refractivity contribution in [2.24, 2.45) is 0 Å². The molecule has 0 fully saturated rings. The van der Waals surface area contributed by atoms with Crippen molar-refractivity contribution >= 4 is 11.6 Å². The van der Waals surface area contributed by atoms with Gasteiger partial charge in [-0.3, -0.25) is 0 Å². The van der Waals surface area contributed by atoms with Gasteiger partial charge < -0.3 is 10.2 Å². The molecule has 0 aromatic heterocycles. The Kier molecular flexibility index (Phi) is 6.69. The van der Waals surface area contributed by atoms with Gasteiger partial charge in [-0.15, -0.1) is 0 Å². The van der Waals surface area contributed by atoms with Crippen molar-refractivity contribution in [2.45, 2.75) is 39.8 Å². The first-order valence-corrected chi connectivity index (χ1v) is 7.08. The van der Waals surface area contributed by atoms with Crippen LogP contribution < -0.4 is 5.32 Å². The van der Waals surface area contributed by atoms with Crippen LogP contribution >= 0.6 is 11.6 Å². The van der Waals surface area contributed by atoms with Gasteiger partial charge in [-0.25, -0.2) is 0 Å². The molecule has 0 amide bonds. The molecule has 0 saturated carbocycles. The van der Waals surface area contributed by atoms with E-state index in [-0.39, 0.29) is 0 Å². The Morgan fingerprint density at radius 1 is 1.39 bits per heavy atom. The maximum Gasteiger partial charge on any atom is 0.0408 e. The van der Waals surface area contributed by atoms with E-state index in [2.05, 4.69) is 44.1 Å². The van der Waals surface area contributed by atoms with Crippen LogP contribution in [0.25, 0.3) is 0 Å². The minimum absolute atomic E-state index is 0.657. The normalized spacial score (nSPS) is 13.0. The fraction of sp³-hybridized carbons (Fsp3) is 0.600. The quantitative estimate of drug-likeness (QED) is 0.762. The third-order valence-corrected chi connectivity index (χ3v) is 3.84. The van der Waals surface area contributed by atoms with Crippen molar-refractivity contribution in [1.29, 1.82) is 0 Å². The summed E-state index contributed by atoms with van der Waals surface area (Å²) >= 11 is 5.94. The molecule has 18 heavy (non-hydrogen) atoms. The number of nitrogens with one attached hydrogen (secondary N) is 1. The average molecular weight is 269 g/mol. The SMILES string of the molecule is CCC(C)N(C)CCNCc1ccc(Cl)cc1C. The van der Waals surface area contributed by atoms with Gasteiger partial charge in [0.05, 0.1) is 0 Å². The summed E-state index contributed by atoms with van der Waals surface area (Å²) in [6, 6.07) is 6.73. The van der Waals surface area contributed by atoms with Gasteiger partial charge in [0.2, 0.25) is 0 Å². The number of nitrogens with zero attached hydrogens (tertiary/aromatic N) is 1. The smallest absolute Gasteiger partial charge is 0.0408 e. The van der Waals surface area contributed by atoms with Crippen molar-refractivity contribution in [2.75, 3.05) is 20.1 Å². The second kappa shape index (κ2) is 7.78. The van der Waals surface area contributed by atoms with E-state index in [1.54, 1.807) is 0 Å². The minimum atomic E-state index is 0.657. The number of halogens is 1. The van der Waals surface area contributed by atoms with Crippen LogP contribution in [0.5, 0.6) is 0 Å². The molecule has 0 aliphatic carbocycles. The Balaban J connectivity index is 2.29. The number of benzene rings is 1. The first-order valence-electron chi connectivity index (χ1n) is 6.70. The highest BCUT2D eigenvalue weighted by molar-refractivity contribution is 6.30. The maximum atomic E-state index is 5.94. The van der Waals surface area contributed by atoms with E-state index in [1.807, 2.05) is 12.1 Å². The molecular weight excluding hydrogens is 244 g/mol. The fourth-order valence-electron chi connectivity index (χ4n) is 1.87. The molecule has 0 aliphatic heterocycles. The average Bonchev–Trinajstić information content (AvgIpc) is 2.35. The van der Waals surface area contributed by atoms with E-state index in [1.165, 1.54) is 17.5 Å². The molecule has 1 aromatic carbocycles. The molecule has 0 heterocycles. The number of likely N-dealkylation sites (N-methyl/N-ethyl adjacent to an activating group) is 1. The number of rotatable bonds is 7. The van der Waals surface area contributed by atoms with Gasteiger partial charge in [0, 0.05) is 30.7 Å². The van der Waals surface area contributed by atoms with E-state index in [9.17, 15) is 0 Å². The molecule has 3 heteroatoms. The lowest BCUT2D eigenvalue weighted by Crippen LogP contribution is -2.34. The molecule has 1 N–H and O–H groups in total. The Hall–Kier alpha value is -0.570. The highest BCUT2D eigenvalue weighted by Crippen LogP contribution is 2.14. The predicted molar refractivity (Wildman–Crippen MR) is 80.3 cm³/mol. The summed E-state index contributed by atoms with van der Waals surface area (Å²) in [7, 11) is 2.18. The van der Waals surface area contributed by atoms with Crippen LogP contribution in [0.1, 0.15) is 31.4 Å². The van der Waals surface area contributed by atoms with Crippen LogP contribution in [0.15, 0.2) is 18.2 Å². The number of aryl methyl sites for hydroxylation is 1. The zero-order valence-corrected chi connectivity index (χ0v) is 12.7. The summed E-state index contributed by atoms with van der Waals surface area (Å²) in [4.78, 5) is 2.39. The molecule has 0 saturated heterocycles. The van der Waals surface area contributed by atoms with Gasteiger partial charge in [-0.2, -0.15) is 0 Å². The van der Waals surface area contributed by atoms with Gasteiger partial charge in [0.25, 0.3) is 0 Å². The van der Waals surface area contributed by atoms with Crippen LogP contribution in [-0.2, 0) is 6.54 Å². The molecule has 1 rings (SSSR count). The Morgan fingerprint density at radius 3 is 2.72 bits per heavy atom. The zero-order chi connectivity index (χ0) is 13.5. The van der Waals surface area contributed by atoms with Crippen LogP contribution in [-0.4, -0.2) is 31.1 Å². The lowest BCUT2D eigenvalue weighted by molar-refractivity contribution is 0.251. The van der Waals surface area contributed by atoms with Gasteiger partial charge in [0.15, 0.2) is 0 Å². The maximum absolute atomic E-state index is 5.94. The topological polar surface area (TPSA) is 15.3 Å². The van der Waals surface area contributed by atoms with E-state index in [0.717, 1.165) is 24.7 Å². The van der Waals surface area contributed by atoms with Gasteiger partial charge in [-0.1, -0.05) is 24.6 Å². The van der Waals surface area contributed by atoms with Gasteiger partial charge in [-0.05, 0) is 50.6 Å². The van der Waals surface area contributed by atoms with E-state index < -0.39 is 0 Å². The molecule has 1 unspecified atom stereocenters. The summed E-state index contributed by atoms with van der Waals surface area (Å²) in [5, 5.41) is 4.30. The van der Waals surface area contributed by atoms with Crippen molar-refractivity contribution in [3.8, 4) is 0 Å². The van der Waals surface area contributed by atoms with Crippen LogP contribution in [0.2, 0.25) is 5.02 Å². The molecular formula is C15H25ClN2. The standard InChI is InChI=1S/C15H25ClN2/c1-5-13(3)18(4)9-8-17-11-14-6-7-15(16)10-12(14)2/h6-7,10,13,17H,5,8-9,11H2,1-4H3. The van der Waals surface area contributed by atoms with Crippen molar-refractivity contribution in [3.05, 3.63) is 34.3 Å². The van der Waals surface area contributed by atoms with E-state index in [4.69, 9.17) is 11.6 Å². The first-order chi connectivity index (χ1) is 8.54. The molecule has 0 bridgehead atoms. The fourth-order valence-corrected chi connectivity index (χ4v) is 2.09. The molecule has 0 spiro atoms. The van der Waals surface area contributed by atoms with Crippen molar-refractivity contribution in [3.63, 3.8) is 0 Å². The van der Waals surface area contributed by atoms with E-state index >= 15 is 0 Å². The third kappa shape index (κ3) is 4.97. The first kappa shape index (κ1) is 15.5. The second-order valence-electron chi connectivity index (χ2n) is 4.99. The predicted octanol–water partition coefficient (Wildman–Crippen LogP) is 3.47. The lowest BCUT2D eigenvalue weighted by Gasteiger charge is -2.23. The molecule has 2 nitrogen and oxygen atoms in total. The van der Waals surface area contributed by atoms with Gasteiger partial charge >= 0.3 is 0 Å². The van der Waals surface area contributed by atoms with E-state index in [0.29, 0.717) is 6.04 Å². The van der Waals surface area contributed by atoms with Crippen LogP contribution in [0.4, 0.5) is 0 Å². The molecule has 0 radical (unpaired) electrons. The lowest BCUT2D eigenvalue weighted by atomic mass is 10.1. The Bertz CT molecular complexity index is 366. The van der Waals surface area contributed by atoms with Gasteiger partial charge in [0.1, 0.15) is 0 Å². The van der Waals surface area contributed by atoms with Crippen LogP contribution in [0, 0.1) is 6.92 Å². The Labute approximate surface area is 116 Å². The van der Waals surface area contributed by atoms with Crippen LogP contribution in [0.3, 0.4) is 0 Å². The highest BCUT2D eigenvalue weighted by atomic mass is 35.5. The number of hydrogen-bond acceptors (Lipinski definition) is 2. The molecule has 1 atom stereocenters. The zero-order valence-electron chi connectivity index (χ0n) is 12.0. The summed E-state index contributed by atoms with van der Waals surface area (Å²) in [5.41, 5.74) is 2.58. The molecule has 102 valence electrons. The third-order valence-electron chi connectivity index (χ3n) is 3.60. The summed E-state index contributed by atoms with van der Waals surface area (Å²) in [5.74, 6) is 0. The van der Waals surface area contributed by atoms with Crippen molar-refractivity contribution < 1.29 is 0 Å². The minimum Gasteiger partial charge on any atom is -0.311 e. The highest BCUT2D eigenvalue weighted by Gasteiger charge is 2.05. The molecule has 0 aliphatic rings. The Morgan fingerprint density at radius 2 is 2.11 bits per heavy atom. The molecule has 1 aromatic rings. The summed E-state index contributed by atoms with van der Waals surface area (Å²) in [6.45, 7) is 9.62. The second-order valence-corrected chi connectivity index (χ2v) is 5.42. The summed E-state index contributed by atoms with van der Waals surface area (Å²) < 4.78 is 0. The number of hydrogen-bond donors (Lipinski definition) is 1. The largest absolute Gasteiger partial charge is 0.311 e.